The van der Waals surface area contributed by atoms with Crippen LogP contribution in [0.15, 0.2) is 0 Å². The number of amides is 3. The summed E-state index contributed by atoms with van der Waals surface area (Å²) in [5.74, 6) is -1.30. The van der Waals surface area contributed by atoms with Gasteiger partial charge in [-0.15, -0.1) is 0 Å². The van der Waals surface area contributed by atoms with Gasteiger partial charge in [-0.1, -0.05) is 0 Å². The predicted molar refractivity (Wildman–Crippen MR) is 46.1 cm³/mol. The third-order valence-corrected chi connectivity index (χ3v) is 1.96. The van der Waals surface area contributed by atoms with Crippen LogP contribution < -0.4 is 5.32 Å². The number of nitrogens with zero attached hydrogens (tertiary/aromatic N) is 2. The van der Waals surface area contributed by atoms with Crippen molar-refractivity contribution in [2.45, 2.75) is 0 Å². The summed E-state index contributed by atoms with van der Waals surface area (Å²) in [6, 6.07) is 1.37. The molecular formula is C8H11N3O3. The van der Waals surface area contributed by atoms with Crippen LogP contribution in [0.4, 0.5) is 4.79 Å². The molecule has 1 saturated heterocycles. The first-order valence-corrected chi connectivity index (χ1v) is 4.17. The topological polar surface area (TPSA) is 82.4 Å². The van der Waals surface area contributed by atoms with Crippen molar-refractivity contribution < 1.29 is 14.3 Å². The van der Waals surface area contributed by atoms with Gasteiger partial charge in [0.1, 0.15) is 5.92 Å². The van der Waals surface area contributed by atoms with E-state index in [1.807, 2.05) is 6.07 Å². The minimum atomic E-state index is -0.774. The summed E-state index contributed by atoms with van der Waals surface area (Å²) in [7, 11) is 1.52. The third kappa shape index (κ3) is 2.20. The molecule has 3 amide bonds. The number of methoxy groups -OCH3 is 1. The fourth-order valence-electron chi connectivity index (χ4n) is 1.15. The fourth-order valence-corrected chi connectivity index (χ4v) is 1.15. The summed E-state index contributed by atoms with van der Waals surface area (Å²) in [6.45, 7) is 0.915. The Bertz CT molecular complexity index is 284. The number of imide groups is 1. The molecular weight excluding hydrogens is 186 g/mol. The van der Waals surface area contributed by atoms with Crippen molar-refractivity contribution in [2.24, 2.45) is 5.92 Å². The van der Waals surface area contributed by atoms with E-state index in [9.17, 15) is 9.59 Å². The van der Waals surface area contributed by atoms with Gasteiger partial charge in [0.15, 0.2) is 0 Å². The van der Waals surface area contributed by atoms with Gasteiger partial charge in [0, 0.05) is 20.2 Å². The van der Waals surface area contributed by atoms with Crippen LogP contribution >= 0.6 is 0 Å². The highest BCUT2D eigenvalue weighted by atomic mass is 16.5. The quantitative estimate of drug-likeness (QED) is 0.650. The molecule has 14 heavy (non-hydrogen) atoms. The van der Waals surface area contributed by atoms with Gasteiger partial charge < -0.3 is 9.64 Å². The number of hydrogen-bond acceptors (Lipinski definition) is 4. The van der Waals surface area contributed by atoms with Gasteiger partial charge in [-0.3, -0.25) is 10.1 Å². The van der Waals surface area contributed by atoms with Crippen molar-refractivity contribution in [3.05, 3.63) is 0 Å². The van der Waals surface area contributed by atoms with Crippen molar-refractivity contribution in [1.82, 2.24) is 10.2 Å². The van der Waals surface area contributed by atoms with E-state index in [1.54, 1.807) is 0 Å². The van der Waals surface area contributed by atoms with Gasteiger partial charge in [0.2, 0.25) is 5.91 Å². The molecule has 0 radical (unpaired) electrons. The average molecular weight is 197 g/mol. The highest BCUT2D eigenvalue weighted by Crippen LogP contribution is 2.06. The Hall–Kier alpha value is -1.61. The van der Waals surface area contributed by atoms with Gasteiger partial charge >= 0.3 is 6.03 Å². The smallest absolute Gasteiger partial charge is 0.324 e. The summed E-state index contributed by atoms with van der Waals surface area (Å²) < 4.78 is 4.80. The second-order valence-electron chi connectivity index (χ2n) is 2.91. The SMILES string of the molecule is COCCN1CC(C#N)C(=O)NC1=O. The van der Waals surface area contributed by atoms with Crippen LogP contribution in [0.25, 0.3) is 0 Å². The monoisotopic (exact) mass is 197 g/mol. The minimum Gasteiger partial charge on any atom is -0.383 e. The number of ether oxygens (including phenoxy) is 1. The summed E-state index contributed by atoms with van der Waals surface area (Å²) in [4.78, 5) is 23.6. The Morgan fingerprint density at radius 3 is 3.00 bits per heavy atom. The van der Waals surface area contributed by atoms with E-state index < -0.39 is 17.9 Å². The lowest BCUT2D eigenvalue weighted by atomic mass is 10.1. The average Bonchev–Trinajstić information content (AvgIpc) is 2.17. The fraction of sp³-hybridized carbons (Fsp3) is 0.625. The molecule has 1 unspecified atom stereocenters. The number of rotatable bonds is 3. The van der Waals surface area contributed by atoms with Crippen LogP contribution in [-0.4, -0.2) is 43.6 Å². The molecule has 1 heterocycles. The normalized spacial score (nSPS) is 21.7. The molecule has 6 heteroatoms. The van der Waals surface area contributed by atoms with E-state index in [0.29, 0.717) is 13.2 Å². The van der Waals surface area contributed by atoms with Gasteiger partial charge in [-0.05, 0) is 0 Å². The van der Waals surface area contributed by atoms with Crippen LogP contribution in [-0.2, 0) is 9.53 Å². The lowest BCUT2D eigenvalue weighted by Crippen LogP contribution is -2.54. The van der Waals surface area contributed by atoms with E-state index >= 15 is 0 Å². The summed E-state index contributed by atoms with van der Waals surface area (Å²) in [5.41, 5.74) is 0. The molecule has 1 atom stereocenters. The van der Waals surface area contributed by atoms with E-state index in [0.717, 1.165) is 0 Å². The van der Waals surface area contributed by atoms with Crippen molar-refractivity contribution in [2.75, 3.05) is 26.8 Å². The van der Waals surface area contributed by atoms with Crippen LogP contribution in [0, 0.1) is 17.2 Å². The van der Waals surface area contributed by atoms with Gasteiger partial charge in [0.25, 0.3) is 0 Å². The van der Waals surface area contributed by atoms with Crippen molar-refractivity contribution in [3.63, 3.8) is 0 Å². The Morgan fingerprint density at radius 2 is 2.43 bits per heavy atom. The largest absolute Gasteiger partial charge is 0.383 e. The van der Waals surface area contributed by atoms with E-state index in [2.05, 4.69) is 5.32 Å². The number of carbonyl (C=O) groups excluding carboxylic acids is 2. The third-order valence-electron chi connectivity index (χ3n) is 1.96. The molecule has 0 aromatic heterocycles. The summed E-state index contributed by atoms with van der Waals surface area (Å²) in [5, 5.41) is 10.7. The molecule has 0 aliphatic carbocycles. The Kier molecular flexibility index (Phi) is 3.42. The Morgan fingerprint density at radius 1 is 1.71 bits per heavy atom. The second-order valence-corrected chi connectivity index (χ2v) is 2.91. The zero-order valence-electron chi connectivity index (χ0n) is 7.82. The van der Waals surface area contributed by atoms with Crippen LogP contribution in [0.3, 0.4) is 0 Å². The van der Waals surface area contributed by atoms with Crippen molar-refractivity contribution in [1.29, 1.82) is 5.26 Å². The maximum Gasteiger partial charge on any atom is 0.324 e. The summed E-state index contributed by atoms with van der Waals surface area (Å²) >= 11 is 0. The molecule has 0 aromatic rings. The lowest BCUT2D eigenvalue weighted by molar-refractivity contribution is -0.124. The van der Waals surface area contributed by atoms with Crippen molar-refractivity contribution in [3.8, 4) is 6.07 Å². The Balaban J connectivity index is 2.56. The number of hydrogen-bond donors (Lipinski definition) is 1. The standard InChI is InChI=1S/C8H11N3O3/c1-14-3-2-11-5-6(4-9)7(12)10-8(11)13/h6H,2-3,5H2,1H3,(H,10,12,13). The lowest BCUT2D eigenvalue weighted by Gasteiger charge is -2.28. The predicted octanol–water partition coefficient (Wildman–Crippen LogP) is -0.676. The molecule has 1 rings (SSSR count). The molecule has 1 fully saturated rings. The second kappa shape index (κ2) is 4.58. The number of nitrogens with one attached hydrogen (secondary N) is 1. The summed E-state index contributed by atoms with van der Waals surface area (Å²) in [6.07, 6.45) is 0. The maximum absolute atomic E-state index is 11.2. The Labute approximate surface area is 81.4 Å². The molecule has 0 bridgehead atoms. The molecule has 0 spiro atoms. The highest BCUT2D eigenvalue weighted by Gasteiger charge is 2.31. The van der Waals surface area contributed by atoms with Gasteiger partial charge in [-0.2, -0.15) is 5.26 Å². The van der Waals surface area contributed by atoms with E-state index in [4.69, 9.17) is 10.00 Å². The first-order valence-electron chi connectivity index (χ1n) is 4.17. The molecule has 6 nitrogen and oxygen atoms in total. The van der Waals surface area contributed by atoms with E-state index in [1.165, 1.54) is 12.0 Å². The maximum atomic E-state index is 11.2. The molecule has 1 N–H and O–H groups in total. The van der Waals surface area contributed by atoms with E-state index in [-0.39, 0.29) is 6.54 Å². The zero-order chi connectivity index (χ0) is 10.6. The zero-order valence-corrected chi connectivity index (χ0v) is 7.82. The number of nitriles is 1. The molecule has 76 valence electrons. The number of urea groups is 1. The highest BCUT2D eigenvalue weighted by molar-refractivity contribution is 5.99. The molecule has 0 aromatic carbocycles. The van der Waals surface area contributed by atoms with Gasteiger partial charge in [0.05, 0.1) is 12.7 Å². The first kappa shape index (κ1) is 10.5. The van der Waals surface area contributed by atoms with Crippen LogP contribution in [0.2, 0.25) is 0 Å². The molecule has 1 aliphatic heterocycles. The van der Waals surface area contributed by atoms with Crippen LogP contribution in [0.5, 0.6) is 0 Å². The minimum absolute atomic E-state index is 0.143. The van der Waals surface area contributed by atoms with Gasteiger partial charge in [-0.25, -0.2) is 4.79 Å². The van der Waals surface area contributed by atoms with Crippen molar-refractivity contribution >= 4 is 11.9 Å². The first-order chi connectivity index (χ1) is 6.69. The molecule has 1 aliphatic rings. The van der Waals surface area contributed by atoms with Crippen LogP contribution in [0.1, 0.15) is 0 Å². The number of carbonyl (C=O) groups is 2. The molecule has 0 saturated carbocycles.